The van der Waals surface area contributed by atoms with Crippen molar-refractivity contribution in [2.45, 2.75) is 58.9 Å². The van der Waals surface area contributed by atoms with Gasteiger partial charge in [0.05, 0.1) is 11.6 Å². The Kier molecular flexibility index (Phi) is 4.97. The maximum absolute atomic E-state index is 12.5. The first-order valence-electron chi connectivity index (χ1n) is 8.68. The van der Waals surface area contributed by atoms with Crippen molar-refractivity contribution in [2.75, 3.05) is 13.1 Å². The van der Waals surface area contributed by atoms with Gasteiger partial charge in [0.25, 0.3) is 0 Å². The monoisotopic (exact) mass is 331 g/mol. The van der Waals surface area contributed by atoms with E-state index in [1.54, 1.807) is 0 Å². The number of aromatic nitrogens is 4. The Morgan fingerprint density at radius 1 is 1.42 bits per heavy atom. The molecule has 1 atom stereocenters. The molecule has 0 bridgehead atoms. The number of piperidine rings is 1. The summed E-state index contributed by atoms with van der Waals surface area (Å²) < 4.78 is 7.26. The zero-order chi connectivity index (χ0) is 17.1. The minimum atomic E-state index is 0.157. The highest BCUT2D eigenvalue weighted by atomic mass is 16.5. The Morgan fingerprint density at radius 2 is 2.25 bits per heavy atom. The highest BCUT2D eigenvalue weighted by Gasteiger charge is 2.28. The zero-order valence-corrected chi connectivity index (χ0v) is 14.7. The van der Waals surface area contributed by atoms with E-state index in [4.69, 9.17) is 4.52 Å². The van der Waals surface area contributed by atoms with Crippen LogP contribution in [0.1, 0.15) is 55.2 Å². The molecule has 1 unspecified atom stereocenters. The van der Waals surface area contributed by atoms with E-state index in [9.17, 15) is 4.79 Å². The van der Waals surface area contributed by atoms with E-state index in [1.807, 2.05) is 36.4 Å². The molecule has 0 aliphatic carbocycles. The second-order valence-electron chi connectivity index (χ2n) is 6.48. The van der Waals surface area contributed by atoms with Crippen LogP contribution in [-0.4, -0.2) is 43.8 Å². The van der Waals surface area contributed by atoms with Crippen molar-refractivity contribution >= 4 is 5.91 Å². The summed E-state index contributed by atoms with van der Waals surface area (Å²) in [5.41, 5.74) is 2.08. The van der Waals surface area contributed by atoms with E-state index in [-0.39, 0.29) is 11.8 Å². The summed E-state index contributed by atoms with van der Waals surface area (Å²) >= 11 is 0. The Labute approximate surface area is 142 Å². The van der Waals surface area contributed by atoms with Gasteiger partial charge in [0.1, 0.15) is 0 Å². The van der Waals surface area contributed by atoms with Crippen LogP contribution in [0.2, 0.25) is 0 Å². The van der Waals surface area contributed by atoms with Crippen molar-refractivity contribution in [1.29, 1.82) is 0 Å². The third-order valence-electron chi connectivity index (χ3n) is 4.56. The van der Waals surface area contributed by atoms with E-state index in [2.05, 4.69) is 15.2 Å². The number of hydrogen-bond acceptors (Lipinski definition) is 5. The average molecular weight is 331 g/mol. The summed E-state index contributed by atoms with van der Waals surface area (Å²) in [4.78, 5) is 18.9. The predicted octanol–water partition coefficient (Wildman–Crippen LogP) is 2.24. The molecule has 1 amide bonds. The van der Waals surface area contributed by atoms with Gasteiger partial charge in [-0.3, -0.25) is 9.48 Å². The number of likely N-dealkylation sites (tertiary alicyclic amines) is 1. The number of aryl methyl sites for hydroxylation is 4. The Hall–Kier alpha value is -2.18. The van der Waals surface area contributed by atoms with E-state index in [1.165, 1.54) is 0 Å². The first-order valence-corrected chi connectivity index (χ1v) is 8.68. The molecule has 3 heterocycles. The highest BCUT2D eigenvalue weighted by molar-refractivity contribution is 5.76. The number of rotatable bonds is 5. The maximum Gasteiger partial charge on any atom is 0.231 e. The van der Waals surface area contributed by atoms with Gasteiger partial charge in [0, 0.05) is 38.2 Å². The molecule has 0 spiro atoms. The molecule has 2 aromatic heterocycles. The first-order chi connectivity index (χ1) is 11.6. The normalized spacial score (nSPS) is 18.1. The molecule has 1 aliphatic rings. The van der Waals surface area contributed by atoms with Crippen LogP contribution in [0.15, 0.2) is 10.6 Å². The molecule has 130 valence electrons. The number of amides is 1. The van der Waals surface area contributed by atoms with Crippen LogP contribution >= 0.6 is 0 Å². The topological polar surface area (TPSA) is 77.0 Å². The van der Waals surface area contributed by atoms with Gasteiger partial charge < -0.3 is 9.42 Å². The molecule has 24 heavy (non-hydrogen) atoms. The lowest BCUT2D eigenvalue weighted by Crippen LogP contribution is -2.39. The fourth-order valence-corrected chi connectivity index (χ4v) is 3.24. The van der Waals surface area contributed by atoms with E-state index in [0.29, 0.717) is 25.4 Å². The van der Waals surface area contributed by atoms with Crippen molar-refractivity contribution in [1.82, 2.24) is 24.8 Å². The molecule has 1 aliphatic heterocycles. The molecule has 3 rings (SSSR count). The summed E-state index contributed by atoms with van der Waals surface area (Å²) in [7, 11) is 0. The van der Waals surface area contributed by atoms with E-state index in [0.717, 1.165) is 43.0 Å². The van der Waals surface area contributed by atoms with Crippen LogP contribution < -0.4 is 0 Å². The minimum Gasteiger partial charge on any atom is -0.342 e. The summed E-state index contributed by atoms with van der Waals surface area (Å²) in [5, 5.41) is 8.38. The van der Waals surface area contributed by atoms with Gasteiger partial charge in [-0.2, -0.15) is 10.1 Å². The largest absolute Gasteiger partial charge is 0.342 e. The van der Waals surface area contributed by atoms with Crippen molar-refractivity contribution in [3.05, 3.63) is 29.2 Å². The van der Waals surface area contributed by atoms with Crippen LogP contribution in [0, 0.1) is 13.8 Å². The maximum atomic E-state index is 12.5. The summed E-state index contributed by atoms with van der Waals surface area (Å²) in [5.74, 6) is 1.73. The van der Waals surface area contributed by atoms with Crippen LogP contribution in [0.25, 0.3) is 0 Å². The Bertz CT molecular complexity index is 706. The molecule has 7 nitrogen and oxygen atoms in total. The molecule has 2 aromatic rings. The molecular weight excluding hydrogens is 306 g/mol. The fourth-order valence-electron chi connectivity index (χ4n) is 3.24. The minimum absolute atomic E-state index is 0.157. The van der Waals surface area contributed by atoms with Gasteiger partial charge in [-0.15, -0.1) is 0 Å². The first kappa shape index (κ1) is 16.7. The molecule has 0 radical (unpaired) electrons. The van der Waals surface area contributed by atoms with Gasteiger partial charge >= 0.3 is 0 Å². The predicted molar refractivity (Wildman–Crippen MR) is 88.5 cm³/mol. The van der Waals surface area contributed by atoms with E-state index < -0.39 is 0 Å². The Morgan fingerprint density at radius 3 is 2.92 bits per heavy atom. The Balaban J connectivity index is 1.57. The lowest BCUT2D eigenvalue weighted by atomic mass is 9.97. The van der Waals surface area contributed by atoms with Crippen molar-refractivity contribution in [3.63, 3.8) is 0 Å². The zero-order valence-electron chi connectivity index (χ0n) is 14.7. The molecular formula is C17H25N5O2. The number of hydrogen-bond donors (Lipinski definition) is 0. The van der Waals surface area contributed by atoms with Crippen LogP contribution in [0.4, 0.5) is 0 Å². The number of carbonyl (C=O) groups excluding carboxylic acids is 1. The quantitative estimate of drug-likeness (QED) is 0.840. The second-order valence-corrected chi connectivity index (χ2v) is 6.48. The van der Waals surface area contributed by atoms with Crippen molar-refractivity contribution in [2.24, 2.45) is 0 Å². The molecule has 1 fully saturated rings. The van der Waals surface area contributed by atoms with Gasteiger partial charge in [0.2, 0.25) is 11.8 Å². The van der Waals surface area contributed by atoms with Crippen LogP contribution in [-0.2, 0) is 17.8 Å². The number of carbonyl (C=O) groups is 1. The van der Waals surface area contributed by atoms with Crippen LogP contribution in [0.3, 0.4) is 0 Å². The van der Waals surface area contributed by atoms with Crippen molar-refractivity contribution in [3.8, 4) is 0 Å². The second kappa shape index (κ2) is 7.15. The van der Waals surface area contributed by atoms with Crippen LogP contribution in [0.5, 0.6) is 0 Å². The standard InChI is InChI=1S/C17H25N5O2/c1-4-15-18-17(24-20-15)14-6-5-8-21(11-14)16(23)7-9-22-13(3)10-12(2)19-22/h10,14H,4-9,11H2,1-3H3. The molecule has 0 N–H and O–H groups in total. The van der Waals surface area contributed by atoms with E-state index >= 15 is 0 Å². The molecule has 0 saturated carbocycles. The lowest BCUT2D eigenvalue weighted by Gasteiger charge is -2.31. The molecule has 1 saturated heterocycles. The summed E-state index contributed by atoms with van der Waals surface area (Å²) in [6.07, 6.45) is 3.20. The SMILES string of the molecule is CCc1noc(C2CCCN(C(=O)CCn3nc(C)cc3C)C2)n1. The smallest absolute Gasteiger partial charge is 0.231 e. The summed E-state index contributed by atoms with van der Waals surface area (Å²) in [6, 6.07) is 2.03. The fraction of sp³-hybridized carbons (Fsp3) is 0.647. The third kappa shape index (κ3) is 3.66. The average Bonchev–Trinajstić information content (AvgIpc) is 3.19. The number of nitrogens with zero attached hydrogens (tertiary/aromatic N) is 5. The third-order valence-corrected chi connectivity index (χ3v) is 4.56. The van der Waals surface area contributed by atoms with Gasteiger partial charge in [0.15, 0.2) is 5.82 Å². The molecule has 7 heteroatoms. The van der Waals surface area contributed by atoms with Crippen molar-refractivity contribution < 1.29 is 9.32 Å². The van der Waals surface area contributed by atoms with Gasteiger partial charge in [-0.05, 0) is 32.8 Å². The molecule has 0 aromatic carbocycles. The highest BCUT2D eigenvalue weighted by Crippen LogP contribution is 2.26. The van der Waals surface area contributed by atoms with Gasteiger partial charge in [-0.1, -0.05) is 12.1 Å². The summed E-state index contributed by atoms with van der Waals surface area (Å²) in [6.45, 7) is 8.09. The lowest BCUT2D eigenvalue weighted by molar-refractivity contribution is -0.132. The van der Waals surface area contributed by atoms with Gasteiger partial charge in [-0.25, -0.2) is 0 Å².